The van der Waals surface area contributed by atoms with Crippen molar-refractivity contribution < 1.29 is 23.5 Å². The van der Waals surface area contributed by atoms with Gasteiger partial charge in [-0.15, -0.1) is 11.3 Å². The van der Waals surface area contributed by atoms with Gasteiger partial charge in [-0.1, -0.05) is 4.89 Å². The Kier molecular flexibility index (Phi) is 2.66. The van der Waals surface area contributed by atoms with Crippen molar-refractivity contribution in [1.82, 2.24) is 4.89 Å². The lowest BCUT2D eigenvalue weighted by molar-refractivity contribution is 0.0697. The zero-order valence-corrected chi connectivity index (χ0v) is 7.72. The lowest BCUT2D eigenvalue weighted by Crippen LogP contribution is -2.18. The van der Waals surface area contributed by atoms with Crippen LogP contribution in [0.15, 0.2) is 15.7 Å². The van der Waals surface area contributed by atoms with Gasteiger partial charge in [0, 0.05) is 5.38 Å². The van der Waals surface area contributed by atoms with Crippen LogP contribution in [0.4, 0.5) is 0 Å². The zero-order valence-electron chi connectivity index (χ0n) is 6.09. The molecule has 6 nitrogen and oxygen atoms in total. The first-order chi connectivity index (χ1) is 5.97. The maximum atomic E-state index is 10.9. The lowest BCUT2D eigenvalue weighted by atomic mass is 10.4. The molecule has 13 heavy (non-hydrogen) atoms. The number of aromatic carboxylic acids is 1. The first kappa shape index (κ1) is 10.1. The molecule has 3 N–H and O–H groups in total. The molecule has 0 amide bonds. The van der Waals surface area contributed by atoms with Crippen LogP contribution in [-0.4, -0.2) is 24.7 Å². The molecule has 1 aromatic heterocycles. The molecular weight excluding hydrogens is 218 g/mol. The topological polar surface area (TPSA) is 104 Å². The summed E-state index contributed by atoms with van der Waals surface area (Å²) in [5, 5.41) is 17.9. The Hall–Kier alpha value is -0.960. The van der Waals surface area contributed by atoms with Crippen molar-refractivity contribution in [3.63, 3.8) is 0 Å². The highest BCUT2D eigenvalue weighted by Gasteiger charge is 2.17. The third-order valence-electron chi connectivity index (χ3n) is 1.21. The van der Waals surface area contributed by atoms with Gasteiger partial charge in [-0.05, 0) is 6.07 Å². The molecule has 0 aliphatic heterocycles. The second-order valence-electron chi connectivity index (χ2n) is 2.05. The Morgan fingerprint density at radius 1 is 1.54 bits per heavy atom. The molecule has 0 fully saturated rings. The van der Waals surface area contributed by atoms with E-state index in [2.05, 4.69) is 0 Å². The van der Waals surface area contributed by atoms with Crippen LogP contribution in [0.25, 0.3) is 0 Å². The predicted molar refractivity (Wildman–Crippen MR) is 43.4 cm³/mol. The van der Waals surface area contributed by atoms with E-state index in [1.165, 1.54) is 5.38 Å². The number of hydrogen-bond acceptors (Lipinski definition) is 5. The Balaban J connectivity index is 3.13. The van der Waals surface area contributed by atoms with Crippen molar-refractivity contribution >= 4 is 27.3 Å². The van der Waals surface area contributed by atoms with E-state index in [9.17, 15) is 13.2 Å². The molecular formula is C5H5NO5S2. The normalized spacial score (nSPS) is 11.5. The monoisotopic (exact) mass is 223 g/mol. The average Bonchev–Trinajstić information content (AvgIpc) is 2.52. The molecule has 0 atom stereocenters. The SMILES string of the molecule is O=C(O)c1csc(S(=O)(=O)NO)c1. The Morgan fingerprint density at radius 3 is 2.54 bits per heavy atom. The van der Waals surface area contributed by atoms with Crippen molar-refractivity contribution in [3.8, 4) is 0 Å². The van der Waals surface area contributed by atoms with Crippen LogP contribution >= 0.6 is 11.3 Å². The van der Waals surface area contributed by atoms with Gasteiger partial charge in [0.2, 0.25) is 0 Å². The highest BCUT2D eigenvalue weighted by molar-refractivity contribution is 7.91. The fourth-order valence-corrected chi connectivity index (χ4v) is 2.36. The number of carboxylic acids is 1. The molecule has 0 saturated heterocycles. The maximum Gasteiger partial charge on any atom is 0.336 e. The molecule has 1 heterocycles. The molecule has 1 aromatic rings. The molecule has 0 spiro atoms. The molecule has 0 saturated carbocycles. The predicted octanol–water partition coefficient (Wildman–Crippen LogP) is 0.114. The smallest absolute Gasteiger partial charge is 0.336 e. The van der Waals surface area contributed by atoms with E-state index in [0.717, 1.165) is 22.3 Å². The van der Waals surface area contributed by atoms with E-state index in [1.54, 1.807) is 0 Å². The first-order valence-corrected chi connectivity index (χ1v) is 5.31. The highest BCUT2D eigenvalue weighted by atomic mass is 32.2. The molecule has 0 radical (unpaired) electrons. The summed E-state index contributed by atoms with van der Waals surface area (Å²) >= 11 is 0.718. The number of carboxylic acid groups (broad SMARTS) is 1. The summed E-state index contributed by atoms with van der Waals surface area (Å²) in [5.41, 5.74) is -0.126. The summed E-state index contributed by atoms with van der Waals surface area (Å²) in [6, 6.07) is 0.964. The summed E-state index contributed by atoms with van der Waals surface area (Å²) in [7, 11) is -3.95. The number of rotatable bonds is 3. The molecule has 0 aliphatic carbocycles. The Labute approximate surface area is 77.5 Å². The molecule has 0 unspecified atom stereocenters. The van der Waals surface area contributed by atoms with Crippen LogP contribution in [0.2, 0.25) is 0 Å². The van der Waals surface area contributed by atoms with Gasteiger partial charge in [0.1, 0.15) is 4.21 Å². The highest BCUT2D eigenvalue weighted by Crippen LogP contribution is 2.19. The fraction of sp³-hybridized carbons (Fsp3) is 0. The molecule has 72 valence electrons. The number of hydrogen-bond donors (Lipinski definition) is 3. The second kappa shape index (κ2) is 3.42. The van der Waals surface area contributed by atoms with E-state index in [-0.39, 0.29) is 9.77 Å². The van der Waals surface area contributed by atoms with Crippen LogP contribution in [0.1, 0.15) is 10.4 Å². The lowest BCUT2D eigenvalue weighted by Gasteiger charge is -1.94. The summed E-state index contributed by atoms with van der Waals surface area (Å²) in [4.78, 5) is 11.5. The Morgan fingerprint density at radius 2 is 2.15 bits per heavy atom. The minimum atomic E-state index is -3.95. The van der Waals surface area contributed by atoms with Crippen molar-refractivity contribution in [2.45, 2.75) is 4.21 Å². The molecule has 8 heteroatoms. The van der Waals surface area contributed by atoms with Crippen LogP contribution in [0, 0.1) is 0 Å². The van der Waals surface area contributed by atoms with Gasteiger partial charge in [-0.2, -0.15) is 0 Å². The quantitative estimate of drug-likeness (QED) is 0.631. The van der Waals surface area contributed by atoms with Gasteiger partial charge in [0.05, 0.1) is 5.56 Å². The third-order valence-corrected chi connectivity index (χ3v) is 3.76. The van der Waals surface area contributed by atoms with Gasteiger partial charge >= 0.3 is 5.97 Å². The van der Waals surface area contributed by atoms with E-state index < -0.39 is 16.0 Å². The summed E-state index contributed by atoms with van der Waals surface area (Å²) in [5.74, 6) is -1.21. The third kappa shape index (κ3) is 2.04. The second-order valence-corrected chi connectivity index (χ2v) is 4.85. The largest absolute Gasteiger partial charge is 0.478 e. The van der Waals surface area contributed by atoms with Crippen LogP contribution in [-0.2, 0) is 10.0 Å². The van der Waals surface area contributed by atoms with Gasteiger partial charge < -0.3 is 10.3 Å². The van der Waals surface area contributed by atoms with E-state index in [1.807, 2.05) is 0 Å². The molecule has 0 aliphatic rings. The van der Waals surface area contributed by atoms with Crippen molar-refractivity contribution in [2.75, 3.05) is 0 Å². The standard InChI is InChI=1S/C5H5NO5S2/c7-5(8)3-1-4(12-2-3)13(10,11)6-9/h1-2,6,9H,(H,7,8). The summed E-state index contributed by atoms with van der Waals surface area (Å²) in [6.07, 6.45) is 0. The van der Waals surface area contributed by atoms with Crippen molar-refractivity contribution in [3.05, 3.63) is 17.0 Å². The average molecular weight is 223 g/mol. The number of thiophene rings is 1. The fourth-order valence-electron chi connectivity index (χ4n) is 0.615. The summed E-state index contributed by atoms with van der Waals surface area (Å²) < 4.78 is 21.5. The minimum Gasteiger partial charge on any atom is -0.478 e. The molecule has 0 bridgehead atoms. The van der Waals surface area contributed by atoms with Gasteiger partial charge in [-0.3, -0.25) is 0 Å². The minimum absolute atomic E-state index is 0.126. The van der Waals surface area contributed by atoms with Gasteiger partial charge in [0.15, 0.2) is 0 Å². The first-order valence-electron chi connectivity index (χ1n) is 2.95. The van der Waals surface area contributed by atoms with Crippen LogP contribution < -0.4 is 4.89 Å². The van der Waals surface area contributed by atoms with Crippen LogP contribution in [0.5, 0.6) is 0 Å². The molecule has 1 rings (SSSR count). The maximum absolute atomic E-state index is 10.9. The van der Waals surface area contributed by atoms with E-state index in [4.69, 9.17) is 10.3 Å². The summed E-state index contributed by atoms with van der Waals surface area (Å²) in [6.45, 7) is 0. The molecule has 0 aromatic carbocycles. The number of nitrogens with one attached hydrogen (secondary N) is 1. The zero-order chi connectivity index (χ0) is 10.1. The van der Waals surface area contributed by atoms with Crippen LogP contribution in [0.3, 0.4) is 0 Å². The van der Waals surface area contributed by atoms with Gasteiger partial charge in [-0.25, -0.2) is 13.2 Å². The van der Waals surface area contributed by atoms with Crippen molar-refractivity contribution in [1.29, 1.82) is 0 Å². The van der Waals surface area contributed by atoms with Gasteiger partial charge in [0.25, 0.3) is 10.0 Å². The Bertz CT molecular complexity index is 420. The van der Waals surface area contributed by atoms with Crippen molar-refractivity contribution in [2.24, 2.45) is 0 Å². The number of carbonyl (C=O) groups is 1. The van der Waals surface area contributed by atoms with E-state index >= 15 is 0 Å². The number of sulfonamides is 1. The van der Waals surface area contributed by atoms with E-state index in [0.29, 0.717) is 0 Å².